The number of aliphatic hydroxyl groups is 1. The number of rotatable bonds is 2. The Labute approximate surface area is 98.1 Å². The van der Waals surface area contributed by atoms with E-state index in [9.17, 15) is 5.11 Å². The van der Waals surface area contributed by atoms with Crippen LogP contribution in [0.3, 0.4) is 0 Å². The van der Waals surface area contributed by atoms with E-state index in [4.69, 9.17) is 0 Å². The van der Waals surface area contributed by atoms with Crippen LogP contribution in [-0.4, -0.2) is 26.2 Å². The second kappa shape index (κ2) is 5.16. The number of benzene rings is 1. The summed E-state index contributed by atoms with van der Waals surface area (Å²) in [5.74, 6) is 0. The molecule has 2 rings (SSSR count). The van der Waals surface area contributed by atoms with Crippen molar-refractivity contribution in [2.24, 2.45) is 0 Å². The summed E-state index contributed by atoms with van der Waals surface area (Å²) in [6.07, 6.45) is 4.70. The predicted molar refractivity (Wildman–Crippen MR) is 64.8 cm³/mol. The zero-order valence-electron chi connectivity index (χ0n) is 9.15. The van der Waals surface area contributed by atoms with Gasteiger partial charge in [-0.05, 0) is 0 Å². The molecule has 0 aromatic heterocycles. The van der Waals surface area contributed by atoms with Crippen molar-refractivity contribution in [1.82, 2.24) is 0 Å². The Balaban J connectivity index is 2.01. The summed E-state index contributed by atoms with van der Waals surface area (Å²) in [4.78, 5) is 0.549. The van der Waals surface area contributed by atoms with E-state index in [1.54, 1.807) is 0 Å². The first kappa shape index (κ1) is 11.2. The average molecular weight is 269 g/mol. The van der Waals surface area contributed by atoms with E-state index in [0.717, 1.165) is 6.42 Å². The topological polar surface area (TPSA) is 20.2 Å². The summed E-state index contributed by atoms with van der Waals surface area (Å²) < 4.78 is 1.44. The molecule has 15 heavy (non-hydrogen) atoms. The van der Waals surface area contributed by atoms with Crippen molar-refractivity contribution in [3.05, 3.63) is 29.8 Å². The van der Waals surface area contributed by atoms with Crippen LogP contribution in [0.2, 0.25) is 4.82 Å². The summed E-state index contributed by atoms with van der Waals surface area (Å²) in [7, 11) is 0. The van der Waals surface area contributed by atoms with Gasteiger partial charge in [-0.15, -0.1) is 0 Å². The van der Waals surface area contributed by atoms with E-state index in [1.165, 1.54) is 29.3 Å². The number of aryl methyl sites for hydroxylation is 1. The van der Waals surface area contributed by atoms with Crippen molar-refractivity contribution in [1.29, 1.82) is 0 Å². The van der Waals surface area contributed by atoms with Gasteiger partial charge >= 0.3 is 97.9 Å². The first-order valence-electron chi connectivity index (χ1n) is 5.67. The van der Waals surface area contributed by atoms with Gasteiger partial charge in [-0.2, -0.15) is 0 Å². The average Bonchev–Trinajstić information content (AvgIpc) is 2.22. The molecule has 0 bridgehead atoms. The van der Waals surface area contributed by atoms with Gasteiger partial charge in [0.15, 0.2) is 0 Å². The molecule has 1 saturated carbocycles. The molecule has 1 aromatic rings. The zero-order chi connectivity index (χ0) is 10.7. The number of hydrogen-bond donors (Lipinski definition) is 1. The summed E-state index contributed by atoms with van der Waals surface area (Å²) in [5.41, 5.74) is 1.33. The molecule has 0 spiro atoms. The normalized spacial score (nSPS) is 26.5. The molecule has 1 aromatic carbocycles. The van der Waals surface area contributed by atoms with Crippen LogP contribution in [0.1, 0.15) is 31.2 Å². The Morgan fingerprint density at radius 2 is 2.07 bits per heavy atom. The molecule has 82 valence electrons. The van der Waals surface area contributed by atoms with Crippen molar-refractivity contribution in [3.63, 3.8) is 0 Å². The van der Waals surface area contributed by atoms with Crippen LogP contribution >= 0.6 is 0 Å². The monoisotopic (exact) mass is 270 g/mol. The predicted octanol–water partition coefficient (Wildman–Crippen LogP) is 2.05. The van der Waals surface area contributed by atoms with Gasteiger partial charge in [0.1, 0.15) is 0 Å². The second-order valence-electron chi connectivity index (χ2n) is 4.32. The Morgan fingerprint density at radius 3 is 2.80 bits per heavy atom. The SMILES string of the molecule is Cc1cccc([Se][C@H]2CCCC[C@@H]2O)c1. The molecule has 2 heteroatoms. The first-order chi connectivity index (χ1) is 7.25. The van der Waals surface area contributed by atoms with Crippen LogP contribution in [0.5, 0.6) is 0 Å². The maximum atomic E-state index is 9.92. The fraction of sp³-hybridized carbons (Fsp3) is 0.538. The van der Waals surface area contributed by atoms with Gasteiger partial charge in [-0.3, -0.25) is 0 Å². The van der Waals surface area contributed by atoms with Crippen molar-refractivity contribution in [2.75, 3.05) is 0 Å². The molecule has 1 aliphatic carbocycles. The minimum atomic E-state index is -0.0423. The van der Waals surface area contributed by atoms with Gasteiger partial charge in [0.2, 0.25) is 0 Å². The fourth-order valence-electron chi connectivity index (χ4n) is 2.08. The van der Waals surface area contributed by atoms with Crippen molar-refractivity contribution in [3.8, 4) is 0 Å². The number of hydrogen-bond acceptors (Lipinski definition) is 1. The van der Waals surface area contributed by atoms with E-state index in [0.29, 0.717) is 19.8 Å². The Kier molecular flexibility index (Phi) is 3.85. The van der Waals surface area contributed by atoms with E-state index in [2.05, 4.69) is 31.2 Å². The molecular formula is C13H18OSe. The molecule has 1 aliphatic rings. The molecule has 1 fully saturated rings. The molecular weight excluding hydrogens is 251 g/mol. The molecule has 0 heterocycles. The van der Waals surface area contributed by atoms with Gasteiger partial charge in [0.25, 0.3) is 0 Å². The first-order valence-corrected chi connectivity index (χ1v) is 7.51. The van der Waals surface area contributed by atoms with E-state index < -0.39 is 0 Å². The number of aliphatic hydroxyl groups excluding tert-OH is 1. The van der Waals surface area contributed by atoms with Crippen LogP contribution in [0.4, 0.5) is 0 Å². The summed E-state index contributed by atoms with van der Waals surface area (Å²) in [6.45, 7) is 2.14. The maximum absolute atomic E-state index is 9.92. The van der Waals surface area contributed by atoms with Crippen LogP contribution < -0.4 is 4.46 Å². The van der Waals surface area contributed by atoms with Gasteiger partial charge in [-0.25, -0.2) is 0 Å². The van der Waals surface area contributed by atoms with E-state index in [1.807, 2.05) is 0 Å². The third-order valence-corrected chi connectivity index (χ3v) is 5.84. The Bertz CT molecular complexity index is 324. The molecule has 1 nitrogen and oxygen atoms in total. The second-order valence-corrected chi connectivity index (χ2v) is 7.08. The van der Waals surface area contributed by atoms with Crippen molar-refractivity contribution in [2.45, 2.75) is 43.5 Å². The van der Waals surface area contributed by atoms with Crippen molar-refractivity contribution < 1.29 is 5.11 Å². The Morgan fingerprint density at radius 1 is 1.27 bits per heavy atom. The zero-order valence-corrected chi connectivity index (χ0v) is 10.9. The third kappa shape index (κ3) is 3.07. The molecule has 0 radical (unpaired) electrons. The fourth-order valence-corrected chi connectivity index (χ4v) is 4.89. The van der Waals surface area contributed by atoms with Crippen molar-refractivity contribution >= 4 is 19.4 Å². The quantitative estimate of drug-likeness (QED) is 0.815. The van der Waals surface area contributed by atoms with Crippen LogP contribution in [0.15, 0.2) is 24.3 Å². The van der Waals surface area contributed by atoms with Gasteiger partial charge in [0.05, 0.1) is 0 Å². The van der Waals surface area contributed by atoms with E-state index >= 15 is 0 Å². The third-order valence-electron chi connectivity index (χ3n) is 2.94. The van der Waals surface area contributed by atoms with Crippen LogP contribution in [0, 0.1) is 6.92 Å². The molecule has 1 N–H and O–H groups in total. The molecule has 0 unspecified atom stereocenters. The molecule has 0 saturated heterocycles. The summed E-state index contributed by atoms with van der Waals surface area (Å²) >= 11 is 0.450. The molecule has 0 amide bonds. The van der Waals surface area contributed by atoms with Gasteiger partial charge in [-0.1, -0.05) is 0 Å². The van der Waals surface area contributed by atoms with E-state index in [-0.39, 0.29) is 6.10 Å². The minimum absolute atomic E-state index is 0.0423. The van der Waals surface area contributed by atoms with Crippen LogP contribution in [0.25, 0.3) is 0 Å². The standard InChI is InChI=1S/C13H18OSe/c1-10-5-4-6-11(9-10)15-13-8-3-2-7-12(13)14/h4-6,9,12-14H,2-3,7-8H2,1H3/t12-,13-/m0/s1. The molecule has 0 aliphatic heterocycles. The molecule has 2 atom stereocenters. The Hall–Kier alpha value is -0.301. The van der Waals surface area contributed by atoms with Gasteiger partial charge < -0.3 is 0 Å². The summed E-state index contributed by atoms with van der Waals surface area (Å²) in [6, 6.07) is 8.73. The van der Waals surface area contributed by atoms with Gasteiger partial charge in [0, 0.05) is 0 Å². The summed E-state index contributed by atoms with van der Waals surface area (Å²) in [5, 5.41) is 9.92. The van der Waals surface area contributed by atoms with Crippen LogP contribution in [-0.2, 0) is 0 Å².